The first kappa shape index (κ1) is 17.8. The zero-order chi connectivity index (χ0) is 18.5. The van der Waals surface area contributed by atoms with Crippen LogP contribution in [0.3, 0.4) is 0 Å². The Balaban J connectivity index is 2.22. The Hall–Kier alpha value is -3.02. The van der Waals surface area contributed by atoms with Crippen molar-refractivity contribution in [2.45, 2.75) is 24.4 Å². The molecule has 1 atom stereocenters. The highest BCUT2D eigenvalue weighted by atomic mass is 32.2. The number of benzene rings is 2. The van der Waals surface area contributed by atoms with Gasteiger partial charge in [0.1, 0.15) is 5.92 Å². The van der Waals surface area contributed by atoms with Crippen LogP contribution in [0.1, 0.15) is 29.7 Å². The Kier molecular flexibility index (Phi) is 5.41. The number of aromatic amines is 1. The first-order chi connectivity index (χ1) is 12.7. The fourth-order valence-electron chi connectivity index (χ4n) is 3.03. The highest BCUT2D eigenvalue weighted by Gasteiger charge is 2.23. The number of nitrogens with one attached hydrogen (secondary N) is 1. The molecule has 0 fully saturated rings. The van der Waals surface area contributed by atoms with Gasteiger partial charge in [-0.25, -0.2) is 4.98 Å². The van der Waals surface area contributed by atoms with Crippen LogP contribution in [0, 0.1) is 23.7 Å². The third kappa shape index (κ3) is 3.35. The average molecular weight is 359 g/mol. The number of H-pyrrole nitrogens is 1. The van der Waals surface area contributed by atoms with Gasteiger partial charge in [-0.3, -0.25) is 4.79 Å². The highest BCUT2D eigenvalue weighted by molar-refractivity contribution is 7.99. The number of terminal acetylenes is 1. The topological polar surface area (TPSA) is 69.5 Å². The number of hydrogen-bond donors (Lipinski definition) is 1. The fraction of sp³-hybridized carbons (Fsp3) is 0.190. The molecule has 0 aliphatic heterocycles. The van der Waals surface area contributed by atoms with Crippen LogP contribution in [0.25, 0.3) is 10.8 Å². The number of aromatic nitrogens is 2. The minimum Gasteiger partial charge on any atom is -0.301 e. The number of thioether (sulfide) groups is 1. The van der Waals surface area contributed by atoms with Crippen LogP contribution in [-0.2, 0) is 6.42 Å². The Morgan fingerprint density at radius 2 is 2.04 bits per heavy atom. The summed E-state index contributed by atoms with van der Waals surface area (Å²) in [5, 5.41) is 12.4. The lowest BCUT2D eigenvalue weighted by Crippen LogP contribution is -2.20. The second-order valence-corrected chi connectivity index (χ2v) is 6.68. The molecule has 3 rings (SSSR count). The number of nitrogens with zero attached hydrogens (tertiary/aromatic N) is 2. The summed E-state index contributed by atoms with van der Waals surface area (Å²) in [5.74, 6) is 2.30. The predicted molar refractivity (Wildman–Crippen MR) is 105 cm³/mol. The Labute approximate surface area is 156 Å². The SMILES string of the molecule is C#CCSc1nc(C(C#N)c2cccc3ccccc23)c(CC)c(=O)[nH]1. The summed E-state index contributed by atoms with van der Waals surface area (Å²) < 4.78 is 0. The van der Waals surface area contributed by atoms with Crippen molar-refractivity contribution in [1.82, 2.24) is 9.97 Å². The van der Waals surface area contributed by atoms with Gasteiger partial charge in [0, 0.05) is 5.56 Å². The van der Waals surface area contributed by atoms with Crippen molar-refractivity contribution < 1.29 is 0 Å². The highest BCUT2D eigenvalue weighted by Crippen LogP contribution is 2.31. The zero-order valence-electron chi connectivity index (χ0n) is 14.3. The van der Waals surface area contributed by atoms with E-state index in [1.54, 1.807) is 0 Å². The molecular weight excluding hydrogens is 342 g/mol. The van der Waals surface area contributed by atoms with Gasteiger partial charge in [0.15, 0.2) is 5.16 Å². The minimum atomic E-state index is -0.622. The van der Waals surface area contributed by atoms with E-state index in [0.717, 1.165) is 16.3 Å². The molecule has 0 saturated carbocycles. The lowest BCUT2D eigenvalue weighted by atomic mass is 9.89. The molecule has 128 valence electrons. The molecule has 5 heteroatoms. The van der Waals surface area contributed by atoms with E-state index in [2.05, 4.69) is 22.0 Å². The molecule has 1 heterocycles. The molecule has 0 aliphatic carbocycles. The van der Waals surface area contributed by atoms with E-state index < -0.39 is 5.92 Å². The van der Waals surface area contributed by atoms with Crippen molar-refractivity contribution in [2.75, 3.05) is 5.75 Å². The molecule has 1 unspecified atom stereocenters. The van der Waals surface area contributed by atoms with Crippen LogP contribution in [-0.4, -0.2) is 15.7 Å². The summed E-state index contributed by atoms with van der Waals surface area (Å²) in [4.78, 5) is 19.8. The Morgan fingerprint density at radius 3 is 2.77 bits per heavy atom. The largest absolute Gasteiger partial charge is 0.301 e. The van der Waals surface area contributed by atoms with E-state index >= 15 is 0 Å². The van der Waals surface area contributed by atoms with Crippen molar-refractivity contribution in [3.8, 4) is 18.4 Å². The van der Waals surface area contributed by atoms with E-state index in [-0.39, 0.29) is 5.56 Å². The summed E-state index contributed by atoms with van der Waals surface area (Å²) in [6.45, 7) is 1.89. The van der Waals surface area contributed by atoms with Gasteiger partial charge in [-0.2, -0.15) is 5.26 Å². The summed E-state index contributed by atoms with van der Waals surface area (Å²) in [5.41, 5.74) is 1.69. The van der Waals surface area contributed by atoms with E-state index in [0.29, 0.717) is 28.6 Å². The van der Waals surface area contributed by atoms with Gasteiger partial charge in [0.05, 0.1) is 17.5 Å². The summed E-state index contributed by atoms with van der Waals surface area (Å²) >= 11 is 1.28. The van der Waals surface area contributed by atoms with Crippen molar-refractivity contribution in [3.05, 3.63) is 69.6 Å². The molecule has 1 aromatic heterocycles. The lowest BCUT2D eigenvalue weighted by molar-refractivity contribution is 0.809. The molecule has 0 saturated heterocycles. The standard InChI is InChI=1S/C21H17N3OS/c1-3-12-26-21-23-19(15(4-2)20(25)24-21)18(13-22)17-11-7-9-14-8-5-6-10-16(14)17/h1,5-11,18H,4,12H2,2H3,(H,23,24,25). The molecule has 1 N–H and O–H groups in total. The van der Waals surface area contributed by atoms with Gasteiger partial charge in [0.2, 0.25) is 0 Å². The first-order valence-corrected chi connectivity index (χ1v) is 9.24. The second-order valence-electron chi connectivity index (χ2n) is 5.71. The molecule has 0 spiro atoms. The van der Waals surface area contributed by atoms with Crippen LogP contribution >= 0.6 is 11.8 Å². The normalized spacial score (nSPS) is 11.7. The van der Waals surface area contributed by atoms with Crippen LogP contribution in [0.4, 0.5) is 0 Å². The zero-order valence-corrected chi connectivity index (χ0v) is 15.1. The molecular formula is C21H17N3OS. The quantitative estimate of drug-likeness (QED) is 0.426. The van der Waals surface area contributed by atoms with Gasteiger partial charge in [0.25, 0.3) is 5.56 Å². The smallest absolute Gasteiger partial charge is 0.255 e. The van der Waals surface area contributed by atoms with Gasteiger partial charge in [-0.05, 0) is 22.8 Å². The van der Waals surface area contributed by atoms with Crippen molar-refractivity contribution in [1.29, 1.82) is 5.26 Å². The van der Waals surface area contributed by atoms with Crippen molar-refractivity contribution in [3.63, 3.8) is 0 Å². The van der Waals surface area contributed by atoms with E-state index in [1.807, 2.05) is 49.4 Å². The van der Waals surface area contributed by atoms with E-state index in [1.165, 1.54) is 11.8 Å². The molecule has 4 nitrogen and oxygen atoms in total. The van der Waals surface area contributed by atoms with Crippen LogP contribution in [0.15, 0.2) is 52.4 Å². The third-order valence-electron chi connectivity index (χ3n) is 4.21. The molecule has 26 heavy (non-hydrogen) atoms. The van der Waals surface area contributed by atoms with Crippen molar-refractivity contribution in [2.24, 2.45) is 0 Å². The van der Waals surface area contributed by atoms with Gasteiger partial charge in [-0.15, -0.1) is 6.42 Å². The minimum absolute atomic E-state index is 0.211. The lowest BCUT2D eigenvalue weighted by Gasteiger charge is -2.15. The summed E-state index contributed by atoms with van der Waals surface area (Å²) in [7, 11) is 0. The first-order valence-electron chi connectivity index (χ1n) is 8.26. The molecule has 0 bridgehead atoms. The number of fused-ring (bicyclic) bond motifs is 1. The Bertz CT molecular complexity index is 1080. The monoisotopic (exact) mass is 359 g/mol. The molecule has 0 amide bonds. The maximum atomic E-state index is 12.5. The maximum absolute atomic E-state index is 12.5. The van der Waals surface area contributed by atoms with Crippen LogP contribution < -0.4 is 5.56 Å². The molecule has 0 aliphatic rings. The molecule has 2 aromatic carbocycles. The van der Waals surface area contributed by atoms with Gasteiger partial charge < -0.3 is 4.98 Å². The van der Waals surface area contributed by atoms with Gasteiger partial charge >= 0.3 is 0 Å². The molecule has 0 radical (unpaired) electrons. The third-order valence-corrected chi connectivity index (χ3v) is 4.99. The number of hydrogen-bond acceptors (Lipinski definition) is 4. The van der Waals surface area contributed by atoms with Crippen LogP contribution in [0.5, 0.6) is 0 Å². The van der Waals surface area contributed by atoms with E-state index in [9.17, 15) is 10.1 Å². The predicted octanol–water partition coefficient (Wildman–Crippen LogP) is 3.87. The molecule has 3 aromatic rings. The Morgan fingerprint density at radius 1 is 1.27 bits per heavy atom. The van der Waals surface area contributed by atoms with E-state index in [4.69, 9.17) is 6.42 Å². The number of rotatable bonds is 5. The number of nitriles is 1. The maximum Gasteiger partial charge on any atom is 0.255 e. The van der Waals surface area contributed by atoms with Crippen molar-refractivity contribution >= 4 is 22.5 Å². The average Bonchev–Trinajstić information content (AvgIpc) is 2.67. The summed E-state index contributed by atoms with van der Waals surface area (Å²) in [6.07, 6.45) is 5.81. The van der Waals surface area contributed by atoms with Crippen LogP contribution in [0.2, 0.25) is 0 Å². The second kappa shape index (κ2) is 7.91. The fourth-order valence-corrected chi connectivity index (χ4v) is 3.58. The summed E-state index contributed by atoms with van der Waals surface area (Å²) in [6, 6.07) is 16.1. The van der Waals surface area contributed by atoms with Gasteiger partial charge in [-0.1, -0.05) is 67.1 Å².